The Morgan fingerprint density at radius 2 is 2.00 bits per heavy atom. The second-order valence-corrected chi connectivity index (χ2v) is 3.62. The van der Waals surface area contributed by atoms with Crippen LogP contribution in [0.1, 0.15) is 12.8 Å². The molecule has 0 atom stereocenters. The van der Waals surface area contributed by atoms with Crippen molar-refractivity contribution in [3.63, 3.8) is 0 Å². The van der Waals surface area contributed by atoms with Gasteiger partial charge in [-0.05, 0) is 18.9 Å². The lowest BCUT2D eigenvalue weighted by molar-refractivity contribution is -0.0925. The highest BCUT2D eigenvalue weighted by molar-refractivity contribution is 5.99. The van der Waals surface area contributed by atoms with Gasteiger partial charge in [-0.3, -0.25) is 4.99 Å². The van der Waals surface area contributed by atoms with Gasteiger partial charge >= 0.3 is 6.18 Å². The van der Waals surface area contributed by atoms with Gasteiger partial charge in [-0.25, -0.2) is 0 Å². The van der Waals surface area contributed by atoms with Gasteiger partial charge in [-0.1, -0.05) is 0 Å². The fourth-order valence-electron chi connectivity index (χ4n) is 1.10. The van der Waals surface area contributed by atoms with Crippen molar-refractivity contribution >= 4 is 5.71 Å². The normalized spacial score (nSPS) is 19.4. The second-order valence-electron chi connectivity index (χ2n) is 3.62. The lowest BCUT2D eigenvalue weighted by atomic mass is 10.2. The third-order valence-corrected chi connectivity index (χ3v) is 2.06. The van der Waals surface area contributed by atoms with Crippen molar-refractivity contribution in [2.24, 2.45) is 16.6 Å². The molecule has 1 aliphatic carbocycles. The zero-order valence-corrected chi connectivity index (χ0v) is 8.41. The fourth-order valence-corrected chi connectivity index (χ4v) is 1.10. The van der Waals surface area contributed by atoms with Crippen LogP contribution in [0.5, 0.6) is 0 Å². The van der Waals surface area contributed by atoms with Gasteiger partial charge in [-0.2, -0.15) is 13.2 Å². The van der Waals surface area contributed by atoms with Gasteiger partial charge in [-0.15, -0.1) is 0 Å². The topological polar surface area (TPSA) is 78.8 Å². The van der Waals surface area contributed by atoms with Gasteiger partial charge < -0.3 is 15.9 Å². The van der Waals surface area contributed by atoms with E-state index >= 15 is 0 Å². The Hall–Kier alpha value is -1.08. The first-order valence-electron chi connectivity index (χ1n) is 4.75. The Morgan fingerprint density at radius 3 is 2.38 bits per heavy atom. The van der Waals surface area contributed by atoms with E-state index in [1.807, 2.05) is 0 Å². The summed E-state index contributed by atoms with van der Waals surface area (Å²) >= 11 is 0. The molecule has 0 saturated heterocycles. The molecule has 0 aromatic rings. The predicted octanol–water partition coefficient (Wildman–Crippen LogP) is 0.553. The molecule has 0 unspecified atom stereocenters. The summed E-state index contributed by atoms with van der Waals surface area (Å²) in [5.41, 5.74) is 3.82. The third kappa shape index (κ3) is 4.19. The van der Waals surface area contributed by atoms with Gasteiger partial charge in [0.15, 0.2) is 6.29 Å². The van der Waals surface area contributed by atoms with E-state index in [1.54, 1.807) is 0 Å². The van der Waals surface area contributed by atoms with Crippen molar-refractivity contribution in [1.29, 1.82) is 0 Å². The van der Waals surface area contributed by atoms with Crippen LogP contribution >= 0.6 is 0 Å². The number of halogens is 3. The second kappa shape index (κ2) is 4.84. The molecule has 1 rings (SSSR count). The molecule has 1 aliphatic rings. The van der Waals surface area contributed by atoms with E-state index < -0.39 is 18.2 Å². The summed E-state index contributed by atoms with van der Waals surface area (Å²) in [4.78, 5) is 3.70. The summed E-state index contributed by atoms with van der Waals surface area (Å²) in [7, 11) is 0. The molecule has 0 radical (unpaired) electrons. The maximum absolute atomic E-state index is 12.1. The van der Waals surface area contributed by atoms with Crippen LogP contribution in [0.4, 0.5) is 13.2 Å². The number of aliphatic hydroxyl groups is 2. The quantitative estimate of drug-likeness (QED) is 0.494. The first-order chi connectivity index (χ1) is 7.30. The van der Waals surface area contributed by atoms with E-state index in [-0.39, 0.29) is 18.2 Å². The summed E-state index contributed by atoms with van der Waals surface area (Å²) < 4.78 is 36.4. The van der Waals surface area contributed by atoms with E-state index in [2.05, 4.69) is 4.99 Å². The van der Waals surface area contributed by atoms with Crippen molar-refractivity contribution in [1.82, 2.24) is 0 Å². The molecule has 0 amide bonds. The summed E-state index contributed by atoms with van der Waals surface area (Å²) in [5, 5.41) is 17.1. The Bertz CT molecular complexity index is 306. The number of aliphatic hydroxyl groups excluding tert-OH is 1. The molecule has 0 aromatic heterocycles. The number of nitrogens with two attached hydrogens (primary N) is 1. The number of aliphatic imine (C=N–C) groups is 1. The highest BCUT2D eigenvalue weighted by atomic mass is 19.4. The molecule has 0 bridgehead atoms. The van der Waals surface area contributed by atoms with Crippen molar-refractivity contribution in [2.75, 3.05) is 6.54 Å². The van der Waals surface area contributed by atoms with Crippen LogP contribution in [0.15, 0.2) is 16.8 Å². The minimum absolute atomic E-state index is 0.0420. The van der Waals surface area contributed by atoms with Gasteiger partial charge in [0.05, 0.1) is 6.54 Å². The minimum Gasteiger partial charge on any atom is -0.395 e. The Balaban J connectivity index is 2.75. The standard InChI is InChI=1S/C9H13F3N2O2/c10-9(11,12)7(13)3-6(5-1-2-5)14-4-8(15)16/h3,5,8,15-16H,1-2,4,13H2. The lowest BCUT2D eigenvalue weighted by Gasteiger charge is -2.07. The molecular weight excluding hydrogens is 225 g/mol. The van der Waals surface area contributed by atoms with E-state index in [1.165, 1.54) is 0 Å². The summed E-state index contributed by atoms with van der Waals surface area (Å²) in [6, 6.07) is 0. The van der Waals surface area contributed by atoms with E-state index in [4.69, 9.17) is 15.9 Å². The number of rotatable bonds is 4. The molecule has 1 saturated carbocycles. The van der Waals surface area contributed by atoms with Gasteiger partial charge in [0.25, 0.3) is 0 Å². The number of alkyl halides is 3. The minimum atomic E-state index is -4.58. The highest BCUT2D eigenvalue weighted by Crippen LogP contribution is 2.32. The number of hydrogen-bond donors (Lipinski definition) is 3. The first-order valence-corrected chi connectivity index (χ1v) is 4.75. The molecule has 0 aromatic carbocycles. The van der Waals surface area contributed by atoms with Crippen LogP contribution in [0.3, 0.4) is 0 Å². The van der Waals surface area contributed by atoms with Crippen molar-refractivity contribution < 1.29 is 23.4 Å². The molecule has 4 N–H and O–H groups in total. The largest absolute Gasteiger partial charge is 0.430 e. The maximum atomic E-state index is 12.1. The van der Waals surface area contributed by atoms with Crippen LogP contribution in [-0.2, 0) is 0 Å². The summed E-state index contributed by atoms with van der Waals surface area (Å²) in [6.45, 7) is -0.340. The van der Waals surface area contributed by atoms with E-state index in [9.17, 15) is 13.2 Å². The van der Waals surface area contributed by atoms with E-state index in [0.29, 0.717) is 0 Å². The average molecular weight is 238 g/mol. The zero-order valence-electron chi connectivity index (χ0n) is 8.41. The SMILES string of the molecule is NC(=CC(=NCC(O)O)C1CC1)C(F)(F)F. The van der Waals surface area contributed by atoms with Crippen LogP contribution in [0.25, 0.3) is 0 Å². The monoisotopic (exact) mass is 238 g/mol. The van der Waals surface area contributed by atoms with Gasteiger partial charge in [0.2, 0.25) is 0 Å². The van der Waals surface area contributed by atoms with Crippen LogP contribution < -0.4 is 5.73 Å². The van der Waals surface area contributed by atoms with E-state index in [0.717, 1.165) is 18.9 Å². The molecule has 16 heavy (non-hydrogen) atoms. The first kappa shape index (κ1) is 13.0. The molecule has 7 heteroatoms. The summed E-state index contributed by atoms with van der Waals surface area (Å²) in [5.74, 6) is -0.0420. The van der Waals surface area contributed by atoms with Gasteiger partial charge in [0.1, 0.15) is 5.70 Å². The zero-order chi connectivity index (χ0) is 12.3. The van der Waals surface area contributed by atoms with Crippen LogP contribution in [0, 0.1) is 5.92 Å². The van der Waals surface area contributed by atoms with Crippen molar-refractivity contribution in [3.8, 4) is 0 Å². The van der Waals surface area contributed by atoms with Gasteiger partial charge in [0, 0.05) is 11.6 Å². The molecule has 0 heterocycles. The molecule has 0 spiro atoms. The Morgan fingerprint density at radius 1 is 1.44 bits per heavy atom. The molecular formula is C9H13F3N2O2. The highest BCUT2D eigenvalue weighted by Gasteiger charge is 2.34. The number of nitrogens with zero attached hydrogens (tertiary/aromatic N) is 1. The fraction of sp³-hybridized carbons (Fsp3) is 0.667. The van der Waals surface area contributed by atoms with Crippen molar-refractivity contribution in [3.05, 3.63) is 11.8 Å². The average Bonchev–Trinajstić information content (AvgIpc) is 2.92. The lowest BCUT2D eigenvalue weighted by Crippen LogP contribution is -2.21. The van der Waals surface area contributed by atoms with Crippen molar-refractivity contribution in [2.45, 2.75) is 25.3 Å². The maximum Gasteiger partial charge on any atom is 0.430 e. The molecule has 92 valence electrons. The molecule has 0 aliphatic heterocycles. The molecule has 4 nitrogen and oxygen atoms in total. The summed E-state index contributed by atoms with van der Waals surface area (Å²) in [6.07, 6.45) is -3.97. The predicted molar refractivity (Wildman–Crippen MR) is 51.6 cm³/mol. The smallest absolute Gasteiger partial charge is 0.395 e. The number of hydrogen-bond acceptors (Lipinski definition) is 4. The Labute approximate surface area is 90.3 Å². The Kier molecular flexibility index (Phi) is 3.93. The van der Waals surface area contributed by atoms with Crippen LogP contribution in [0.2, 0.25) is 0 Å². The third-order valence-electron chi connectivity index (χ3n) is 2.06. The van der Waals surface area contributed by atoms with Crippen LogP contribution in [-0.4, -0.2) is 34.9 Å². The molecule has 1 fully saturated rings. The number of allylic oxidation sites excluding steroid dienone is 2.